The molecule has 0 spiro atoms. The fourth-order valence-electron chi connectivity index (χ4n) is 1.29. The van der Waals surface area contributed by atoms with Gasteiger partial charge in [0.05, 0.1) is 6.26 Å². The lowest BCUT2D eigenvalue weighted by atomic mass is 10.1. The van der Waals surface area contributed by atoms with E-state index in [1.807, 2.05) is 19.1 Å². The maximum atomic E-state index is 10.5. The molecule has 88 valence electrons. The van der Waals surface area contributed by atoms with E-state index in [9.17, 15) is 4.79 Å². The summed E-state index contributed by atoms with van der Waals surface area (Å²) in [4.78, 5) is 10.5. The molecule has 1 aromatic heterocycles. The molecule has 4 nitrogen and oxygen atoms in total. The van der Waals surface area contributed by atoms with Crippen molar-refractivity contribution in [2.24, 2.45) is 0 Å². The average molecular weight is 223 g/mol. The van der Waals surface area contributed by atoms with Crippen LogP contribution < -0.4 is 5.32 Å². The summed E-state index contributed by atoms with van der Waals surface area (Å²) in [5.41, 5.74) is 0.185. The van der Waals surface area contributed by atoms with Gasteiger partial charge < -0.3 is 14.8 Å². The Morgan fingerprint density at radius 2 is 2.44 bits per heavy atom. The van der Waals surface area contributed by atoms with Crippen LogP contribution in [0.3, 0.4) is 0 Å². The predicted molar refractivity (Wildman–Crippen MR) is 61.3 cm³/mol. The molecule has 0 aliphatic carbocycles. The highest BCUT2D eigenvalue weighted by molar-refractivity contribution is 5.86. The molecular formula is C12H17NO3. The van der Waals surface area contributed by atoms with Gasteiger partial charge in [0.1, 0.15) is 5.76 Å². The number of carboxylic acid groups (broad SMARTS) is 1. The maximum Gasteiger partial charge on any atom is 0.332 e. The van der Waals surface area contributed by atoms with Crippen molar-refractivity contribution in [3.05, 3.63) is 36.3 Å². The molecule has 0 bridgehead atoms. The Morgan fingerprint density at radius 3 is 3.00 bits per heavy atom. The number of aliphatic carboxylic acids is 1. The van der Waals surface area contributed by atoms with E-state index in [1.165, 1.54) is 0 Å². The third-order valence-corrected chi connectivity index (χ3v) is 2.37. The van der Waals surface area contributed by atoms with Crippen molar-refractivity contribution >= 4 is 5.97 Å². The molecule has 0 aliphatic rings. The van der Waals surface area contributed by atoms with Crippen LogP contribution in [-0.4, -0.2) is 23.7 Å². The van der Waals surface area contributed by atoms with Gasteiger partial charge >= 0.3 is 5.97 Å². The van der Waals surface area contributed by atoms with E-state index in [0.29, 0.717) is 6.54 Å². The van der Waals surface area contributed by atoms with Crippen LogP contribution >= 0.6 is 0 Å². The number of hydrogen-bond donors (Lipinski definition) is 2. The first-order valence-electron chi connectivity index (χ1n) is 5.26. The molecule has 0 saturated carbocycles. The van der Waals surface area contributed by atoms with Crippen LogP contribution in [0.2, 0.25) is 0 Å². The first kappa shape index (κ1) is 12.5. The Labute approximate surface area is 95.0 Å². The van der Waals surface area contributed by atoms with Gasteiger partial charge in [0.15, 0.2) is 0 Å². The summed E-state index contributed by atoms with van der Waals surface area (Å²) >= 11 is 0. The largest absolute Gasteiger partial charge is 0.478 e. The fraction of sp³-hybridized carbons (Fsp3) is 0.417. The second-order valence-electron chi connectivity index (χ2n) is 3.81. The number of furan rings is 1. The number of aryl methyl sites for hydroxylation is 1. The molecular weight excluding hydrogens is 206 g/mol. The van der Waals surface area contributed by atoms with E-state index >= 15 is 0 Å². The molecule has 1 rings (SSSR count). The van der Waals surface area contributed by atoms with Crippen molar-refractivity contribution < 1.29 is 14.3 Å². The van der Waals surface area contributed by atoms with E-state index < -0.39 is 5.97 Å². The van der Waals surface area contributed by atoms with Gasteiger partial charge in [0.25, 0.3) is 0 Å². The maximum absolute atomic E-state index is 10.5. The zero-order valence-corrected chi connectivity index (χ0v) is 9.40. The summed E-state index contributed by atoms with van der Waals surface area (Å²) in [5, 5.41) is 11.7. The zero-order valence-electron chi connectivity index (χ0n) is 9.40. The molecule has 0 radical (unpaired) electrons. The first-order valence-corrected chi connectivity index (χ1v) is 5.26. The molecule has 0 amide bonds. The van der Waals surface area contributed by atoms with Gasteiger partial charge in [0, 0.05) is 24.6 Å². The molecule has 16 heavy (non-hydrogen) atoms. The van der Waals surface area contributed by atoms with Gasteiger partial charge in [-0.3, -0.25) is 0 Å². The highest BCUT2D eigenvalue weighted by Crippen LogP contribution is 2.05. The quantitative estimate of drug-likeness (QED) is 0.692. The molecule has 1 aromatic rings. The van der Waals surface area contributed by atoms with Crippen molar-refractivity contribution in [1.29, 1.82) is 0 Å². The summed E-state index contributed by atoms with van der Waals surface area (Å²) in [6, 6.07) is 4.03. The highest BCUT2D eigenvalue weighted by Gasteiger charge is 2.07. The average Bonchev–Trinajstić information content (AvgIpc) is 2.75. The smallest absolute Gasteiger partial charge is 0.332 e. The van der Waals surface area contributed by atoms with Crippen molar-refractivity contribution in [2.45, 2.75) is 25.8 Å². The van der Waals surface area contributed by atoms with E-state index in [4.69, 9.17) is 9.52 Å². The van der Waals surface area contributed by atoms with E-state index in [-0.39, 0.29) is 11.6 Å². The molecule has 0 saturated heterocycles. The monoisotopic (exact) mass is 223 g/mol. The van der Waals surface area contributed by atoms with E-state index in [0.717, 1.165) is 18.6 Å². The molecule has 1 atom stereocenters. The lowest BCUT2D eigenvalue weighted by Gasteiger charge is -2.12. The third kappa shape index (κ3) is 4.31. The van der Waals surface area contributed by atoms with Gasteiger partial charge in [-0.15, -0.1) is 0 Å². The fourth-order valence-corrected chi connectivity index (χ4v) is 1.29. The summed E-state index contributed by atoms with van der Waals surface area (Å²) < 4.78 is 5.21. The SMILES string of the molecule is C=C(CNC(C)CCc1ccco1)C(=O)O. The zero-order chi connectivity index (χ0) is 12.0. The molecule has 2 N–H and O–H groups in total. The Morgan fingerprint density at radius 1 is 1.69 bits per heavy atom. The van der Waals surface area contributed by atoms with Gasteiger partial charge in [-0.2, -0.15) is 0 Å². The Bertz CT molecular complexity index is 343. The van der Waals surface area contributed by atoms with Crippen molar-refractivity contribution in [3.8, 4) is 0 Å². The second kappa shape index (κ2) is 6.12. The Hall–Kier alpha value is -1.55. The number of hydrogen-bond acceptors (Lipinski definition) is 3. The number of nitrogens with one attached hydrogen (secondary N) is 1. The van der Waals surface area contributed by atoms with Crippen LogP contribution in [0, 0.1) is 0 Å². The number of rotatable bonds is 7. The van der Waals surface area contributed by atoms with Crippen LogP contribution in [0.1, 0.15) is 19.1 Å². The van der Waals surface area contributed by atoms with Gasteiger partial charge in [-0.25, -0.2) is 4.79 Å². The molecule has 0 aliphatic heterocycles. The molecule has 1 heterocycles. The van der Waals surface area contributed by atoms with Crippen molar-refractivity contribution in [3.63, 3.8) is 0 Å². The molecule has 4 heteroatoms. The van der Waals surface area contributed by atoms with Gasteiger partial charge in [-0.1, -0.05) is 6.58 Å². The van der Waals surface area contributed by atoms with Crippen molar-refractivity contribution in [1.82, 2.24) is 5.32 Å². The van der Waals surface area contributed by atoms with E-state index in [2.05, 4.69) is 11.9 Å². The van der Waals surface area contributed by atoms with Crippen LogP contribution in [0.5, 0.6) is 0 Å². The van der Waals surface area contributed by atoms with E-state index in [1.54, 1.807) is 6.26 Å². The second-order valence-corrected chi connectivity index (χ2v) is 3.81. The van der Waals surface area contributed by atoms with Crippen LogP contribution in [0.15, 0.2) is 35.0 Å². The van der Waals surface area contributed by atoms with Crippen LogP contribution in [0.4, 0.5) is 0 Å². The number of carboxylic acids is 1. The normalized spacial score (nSPS) is 12.3. The summed E-state index contributed by atoms with van der Waals surface area (Å²) in [6.07, 6.45) is 3.40. The van der Waals surface area contributed by atoms with Crippen molar-refractivity contribution in [2.75, 3.05) is 6.54 Å². The predicted octanol–water partition coefficient (Wildman–Crippen LogP) is 1.83. The molecule has 0 aromatic carbocycles. The number of carbonyl (C=O) groups is 1. The van der Waals surface area contributed by atoms with Crippen LogP contribution in [-0.2, 0) is 11.2 Å². The van der Waals surface area contributed by atoms with Gasteiger partial charge in [0.2, 0.25) is 0 Å². The Balaban J connectivity index is 2.18. The lowest BCUT2D eigenvalue weighted by molar-refractivity contribution is -0.132. The van der Waals surface area contributed by atoms with Crippen LogP contribution in [0.25, 0.3) is 0 Å². The minimum Gasteiger partial charge on any atom is -0.478 e. The summed E-state index contributed by atoms with van der Waals surface area (Å²) in [6.45, 7) is 5.78. The Kier molecular flexibility index (Phi) is 4.79. The molecule has 1 unspecified atom stereocenters. The minimum absolute atomic E-state index is 0.185. The standard InChI is InChI=1S/C12H17NO3/c1-9(12(14)15)8-13-10(2)5-6-11-4-3-7-16-11/h3-4,7,10,13H,1,5-6,8H2,2H3,(H,14,15). The minimum atomic E-state index is -0.953. The van der Waals surface area contributed by atoms with Gasteiger partial charge in [-0.05, 0) is 25.5 Å². The lowest BCUT2D eigenvalue weighted by Crippen LogP contribution is -2.29. The molecule has 0 fully saturated rings. The summed E-state index contributed by atoms with van der Waals surface area (Å²) in [5.74, 6) is -0.00329. The topological polar surface area (TPSA) is 62.5 Å². The first-order chi connectivity index (χ1) is 7.59. The highest BCUT2D eigenvalue weighted by atomic mass is 16.4. The summed E-state index contributed by atoms with van der Waals surface area (Å²) in [7, 11) is 0. The third-order valence-electron chi connectivity index (χ3n) is 2.37.